The predicted octanol–water partition coefficient (Wildman–Crippen LogP) is 7.14. The fourth-order valence-corrected chi connectivity index (χ4v) is 4.69. The van der Waals surface area contributed by atoms with Crippen molar-refractivity contribution in [1.29, 1.82) is 0 Å². The van der Waals surface area contributed by atoms with Crippen molar-refractivity contribution < 1.29 is 14.3 Å². The largest absolute Gasteiger partial charge is 0.422 e. The minimum absolute atomic E-state index is 0.322. The van der Waals surface area contributed by atoms with Crippen molar-refractivity contribution in [2.24, 2.45) is 5.10 Å². The number of hydrazone groups is 1. The lowest BCUT2D eigenvalue weighted by Crippen LogP contribution is -2.19. The first-order valence-corrected chi connectivity index (χ1v) is 12.9. The number of H-pyrrole nitrogens is 1. The van der Waals surface area contributed by atoms with Crippen LogP contribution in [0.4, 0.5) is 0 Å². The monoisotopic (exact) mass is 565 g/mol. The molecule has 6 nitrogen and oxygen atoms in total. The van der Waals surface area contributed by atoms with E-state index in [-0.39, 0.29) is 5.91 Å². The Morgan fingerprint density at radius 1 is 0.947 bits per heavy atom. The van der Waals surface area contributed by atoms with Crippen LogP contribution >= 0.6 is 15.9 Å². The van der Waals surface area contributed by atoms with Gasteiger partial charge in [0.05, 0.1) is 11.8 Å². The SMILES string of the molecule is CCc1cccc2c(-c3ccccc3)c(C(=O)NN=Cc3cc(Br)ccc3OC(=O)c3ccccc3)[nH]c12. The Morgan fingerprint density at radius 3 is 2.42 bits per heavy atom. The lowest BCUT2D eigenvalue weighted by atomic mass is 10.00. The van der Waals surface area contributed by atoms with Gasteiger partial charge in [-0.3, -0.25) is 4.79 Å². The third-order valence-electron chi connectivity index (χ3n) is 6.14. The molecule has 0 radical (unpaired) electrons. The highest BCUT2D eigenvalue weighted by Gasteiger charge is 2.20. The van der Waals surface area contributed by atoms with Crippen LogP contribution in [0.25, 0.3) is 22.0 Å². The smallest absolute Gasteiger partial charge is 0.343 e. The molecule has 188 valence electrons. The highest BCUT2D eigenvalue weighted by molar-refractivity contribution is 9.10. The van der Waals surface area contributed by atoms with Crippen LogP contribution in [-0.4, -0.2) is 23.1 Å². The van der Waals surface area contributed by atoms with Crippen molar-refractivity contribution in [2.45, 2.75) is 13.3 Å². The van der Waals surface area contributed by atoms with Gasteiger partial charge in [0.2, 0.25) is 0 Å². The van der Waals surface area contributed by atoms with Gasteiger partial charge in [0.15, 0.2) is 0 Å². The number of amides is 1. The zero-order valence-corrected chi connectivity index (χ0v) is 22.2. The zero-order valence-electron chi connectivity index (χ0n) is 20.6. The predicted molar refractivity (Wildman–Crippen MR) is 154 cm³/mol. The number of nitrogens with zero attached hydrogens (tertiary/aromatic N) is 1. The Kier molecular flexibility index (Phi) is 7.47. The number of carbonyl (C=O) groups is 2. The molecule has 1 aromatic heterocycles. The fraction of sp³-hybridized carbons (Fsp3) is 0.0645. The Labute approximate surface area is 228 Å². The van der Waals surface area contributed by atoms with Crippen molar-refractivity contribution in [3.05, 3.63) is 124 Å². The summed E-state index contributed by atoms with van der Waals surface area (Å²) >= 11 is 3.44. The van der Waals surface area contributed by atoms with Crippen LogP contribution < -0.4 is 10.2 Å². The van der Waals surface area contributed by atoms with Crippen LogP contribution in [-0.2, 0) is 6.42 Å². The molecule has 4 aromatic carbocycles. The van der Waals surface area contributed by atoms with Crippen LogP contribution in [0.1, 0.15) is 38.9 Å². The molecule has 0 atom stereocenters. The highest BCUT2D eigenvalue weighted by atomic mass is 79.9. The summed E-state index contributed by atoms with van der Waals surface area (Å²) in [7, 11) is 0. The fourth-order valence-electron chi connectivity index (χ4n) is 4.31. The molecule has 0 aliphatic carbocycles. The molecule has 0 saturated heterocycles. The van der Waals surface area contributed by atoms with Crippen LogP contribution in [0.15, 0.2) is 107 Å². The molecule has 7 heteroatoms. The van der Waals surface area contributed by atoms with Gasteiger partial charge in [0.1, 0.15) is 11.4 Å². The van der Waals surface area contributed by atoms with Gasteiger partial charge in [-0.25, -0.2) is 10.2 Å². The number of carbonyl (C=O) groups excluding carboxylic acids is 2. The number of benzene rings is 4. The summed E-state index contributed by atoms with van der Waals surface area (Å²) in [4.78, 5) is 29.3. The van der Waals surface area contributed by atoms with E-state index in [0.717, 1.165) is 38.5 Å². The maximum absolute atomic E-state index is 13.4. The van der Waals surface area contributed by atoms with E-state index in [1.54, 1.807) is 42.5 Å². The van der Waals surface area contributed by atoms with Gasteiger partial charge < -0.3 is 9.72 Å². The molecule has 0 spiro atoms. The molecule has 0 fully saturated rings. The Hall–Kier alpha value is -4.49. The van der Waals surface area contributed by atoms with Crippen molar-refractivity contribution in [2.75, 3.05) is 0 Å². The van der Waals surface area contributed by atoms with Crippen LogP contribution in [0.3, 0.4) is 0 Å². The maximum atomic E-state index is 13.4. The van der Waals surface area contributed by atoms with E-state index < -0.39 is 5.97 Å². The number of halogens is 1. The highest BCUT2D eigenvalue weighted by Crippen LogP contribution is 2.34. The number of rotatable bonds is 7. The lowest BCUT2D eigenvalue weighted by Gasteiger charge is -2.08. The van der Waals surface area contributed by atoms with E-state index in [4.69, 9.17) is 4.74 Å². The second kappa shape index (κ2) is 11.3. The Bertz CT molecular complexity index is 1640. The molecule has 0 saturated carbocycles. The summed E-state index contributed by atoms with van der Waals surface area (Å²) in [5, 5.41) is 5.17. The molecule has 5 rings (SSSR count). The minimum Gasteiger partial charge on any atom is -0.422 e. The summed E-state index contributed by atoms with van der Waals surface area (Å²) < 4.78 is 6.38. The number of esters is 1. The normalized spacial score (nSPS) is 11.1. The minimum atomic E-state index is -0.482. The molecule has 0 aliphatic rings. The van der Waals surface area contributed by atoms with E-state index in [0.29, 0.717) is 22.6 Å². The van der Waals surface area contributed by atoms with Gasteiger partial charge in [0.25, 0.3) is 5.91 Å². The summed E-state index contributed by atoms with van der Waals surface area (Å²) in [6.07, 6.45) is 2.29. The third-order valence-corrected chi connectivity index (χ3v) is 6.64. The zero-order chi connectivity index (χ0) is 26.5. The van der Waals surface area contributed by atoms with E-state index >= 15 is 0 Å². The van der Waals surface area contributed by atoms with E-state index in [1.807, 2.05) is 48.5 Å². The number of aromatic nitrogens is 1. The molecule has 0 bridgehead atoms. The quantitative estimate of drug-likeness (QED) is 0.0951. The topological polar surface area (TPSA) is 83.5 Å². The molecule has 0 aliphatic heterocycles. The number of para-hydroxylation sites is 1. The number of ether oxygens (including phenoxy) is 1. The number of hydrogen-bond donors (Lipinski definition) is 2. The van der Waals surface area contributed by atoms with Gasteiger partial charge >= 0.3 is 5.97 Å². The van der Waals surface area contributed by atoms with Gasteiger partial charge in [0, 0.05) is 26.5 Å². The molecule has 5 aromatic rings. The molecule has 38 heavy (non-hydrogen) atoms. The van der Waals surface area contributed by atoms with E-state index in [2.05, 4.69) is 44.4 Å². The van der Waals surface area contributed by atoms with Crippen molar-refractivity contribution >= 4 is 44.9 Å². The van der Waals surface area contributed by atoms with Gasteiger partial charge in [-0.1, -0.05) is 89.6 Å². The standard InChI is InChI=1S/C31H24BrN3O3/c1-2-20-14-9-15-25-27(21-10-5-3-6-11-21)29(34-28(20)25)30(36)35-33-19-23-18-24(32)16-17-26(23)38-31(37)22-12-7-4-8-13-22/h3-19,34H,2H2,1H3,(H,35,36). The first kappa shape index (κ1) is 25.2. The van der Waals surface area contributed by atoms with E-state index in [1.165, 1.54) is 6.21 Å². The molecule has 1 amide bonds. The average molecular weight is 566 g/mol. The second-order valence-corrected chi connectivity index (χ2v) is 9.49. The van der Waals surface area contributed by atoms with Crippen molar-refractivity contribution in [1.82, 2.24) is 10.4 Å². The van der Waals surface area contributed by atoms with E-state index in [9.17, 15) is 9.59 Å². The van der Waals surface area contributed by atoms with Crippen LogP contribution in [0.5, 0.6) is 5.75 Å². The number of aryl methyl sites for hydroxylation is 1. The average Bonchev–Trinajstić information content (AvgIpc) is 3.35. The lowest BCUT2D eigenvalue weighted by molar-refractivity contribution is 0.0734. The summed E-state index contributed by atoms with van der Waals surface area (Å²) in [6.45, 7) is 2.09. The molecule has 1 heterocycles. The van der Waals surface area contributed by atoms with Gasteiger partial charge in [-0.2, -0.15) is 5.10 Å². The van der Waals surface area contributed by atoms with Crippen molar-refractivity contribution in [3.8, 4) is 16.9 Å². The van der Waals surface area contributed by atoms with Gasteiger partial charge in [-0.05, 0) is 47.9 Å². The second-order valence-electron chi connectivity index (χ2n) is 8.57. The molecular formula is C31H24BrN3O3. The molecule has 0 unspecified atom stereocenters. The number of hydrogen-bond acceptors (Lipinski definition) is 4. The third kappa shape index (κ3) is 5.28. The maximum Gasteiger partial charge on any atom is 0.343 e. The Balaban J connectivity index is 1.43. The summed E-state index contributed by atoms with van der Waals surface area (Å²) in [6, 6.07) is 29.8. The first-order chi connectivity index (χ1) is 18.5. The Morgan fingerprint density at radius 2 is 1.68 bits per heavy atom. The van der Waals surface area contributed by atoms with Crippen LogP contribution in [0.2, 0.25) is 0 Å². The number of fused-ring (bicyclic) bond motifs is 1. The number of aromatic amines is 1. The van der Waals surface area contributed by atoms with Crippen LogP contribution in [0, 0.1) is 0 Å². The number of nitrogens with one attached hydrogen (secondary N) is 2. The van der Waals surface area contributed by atoms with Crippen molar-refractivity contribution in [3.63, 3.8) is 0 Å². The molecule has 2 N–H and O–H groups in total. The molecular weight excluding hydrogens is 542 g/mol. The summed E-state index contributed by atoms with van der Waals surface area (Å²) in [5.41, 5.74) is 7.83. The first-order valence-electron chi connectivity index (χ1n) is 12.1. The van der Waals surface area contributed by atoms with Gasteiger partial charge in [-0.15, -0.1) is 0 Å². The summed E-state index contributed by atoms with van der Waals surface area (Å²) in [5.74, 6) is -0.539.